The van der Waals surface area contributed by atoms with Crippen molar-refractivity contribution in [1.29, 1.82) is 0 Å². The van der Waals surface area contributed by atoms with Gasteiger partial charge in [-0.3, -0.25) is 9.59 Å². The third-order valence-corrected chi connectivity index (χ3v) is 4.62. The molecule has 0 aromatic heterocycles. The molecule has 0 aliphatic carbocycles. The molecule has 1 amide bonds. The highest BCUT2D eigenvalue weighted by molar-refractivity contribution is 7.90. The molecule has 2 rings (SSSR count). The number of benzene rings is 2. The molecule has 1 unspecified atom stereocenters. The van der Waals surface area contributed by atoms with Gasteiger partial charge in [0.1, 0.15) is 11.7 Å². The van der Waals surface area contributed by atoms with Crippen LogP contribution in [0.2, 0.25) is 0 Å². The summed E-state index contributed by atoms with van der Waals surface area (Å²) in [5.74, 6) is -2.64. The Kier molecular flexibility index (Phi) is 5.70. The maximum absolute atomic E-state index is 12.2. The SMILES string of the molecule is CCC(C(=O)NS(=O)(=O)c1ccccc1)C(=O)Oc1ccccc1. The Morgan fingerprint density at radius 2 is 1.54 bits per heavy atom. The fourth-order valence-corrected chi connectivity index (χ4v) is 3.04. The first-order valence-electron chi connectivity index (χ1n) is 7.32. The number of nitrogens with one attached hydrogen (secondary N) is 1. The van der Waals surface area contributed by atoms with Crippen LogP contribution >= 0.6 is 0 Å². The molecular weight excluding hydrogens is 330 g/mol. The van der Waals surface area contributed by atoms with Crippen LogP contribution in [-0.2, 0) is 19.6 Å². The van der Waals surface area contributed by atoms with Crippen LogP contribution < -0.4 is 9.46 Å². The Labute approximate surface area is 140 Å². The lowest BCUT2D eigenvalue weighted by Crippen LogP contribution is -2.40. The van der Waals surface area contributed by atoms with Crippen LogP contribution in [0.25, 0.3) is 0 Å². The largest absolute Gasteiger partial charge is 0.426 e. The van der Waals surface area contributed by atoms with Crippen molar-refractivity contribution in [2.45, 2.75) is 18.2 Å². The number of amides is 1. The second-order valence-corrected chi connectivity index (χ2v) is 6.66. The lowest BCUT2D eigenvalue weighted by Gasteiger charge is -2.14. The van der Waals surface area contributed by atoms with Gasteiger partial charge in [-0.25, -0.2) is 13.1 Å². The van der Waals surface area contributed by atoms with Crippen LogP contribution in [0, 0.1) is 5.92 Å². The van der Waals surface area contributed by atoms with E-state index in [9.17, 15) is 18.0 Å². The van der Waals surface area contributed by atoms with E-state index in [4.69, 9.17) is 4.74 Å². The van der Waals surface area contributed by atoms with Gasteiger partial charge in [0.25, 0.3) is 10.0 Å². The minimum Gasteiger partial charge on any atom is -0.426 e. The Bertz CT molecular complexity index is 803. The highest BCUT2D eigenvalue weighted by Gasteiger charge is 2.30. The molecule has 6 nitrogen and oxygen atoms in total. The smallest absolute Gasteiger partial charge is 0.323 e. The van der Waals surface area contributed by atoms with Crippen LogP contribution in [0.15, 0.2) is 65.6 Å². The van der Waals surface area contributed by atoms with E-state index < -0.39 is 27.8 Å². The third-order valence-electron chi connectivity index (χ3n) is 3.26. The Hall–Kier alpha value is -2.67. The molecule has 0 fully saturated rings. The second-order valence-electron chi connectivity index (χ2n) is 4.98. The maximum atomic E-state index is 12.2. The van der Waals surface area contributed by atoms with Crippen molar-refractivity contribution in [3.8, 4) is 5.75 Å². The highest BCUT2D eigenvalue weighted by Crippen LogP contribution is 2.15. The zero-order chi connectivity index (χ0) is 17.6. The van der Waals surface area contributed by atoms with Crippen molar-refractivity contribution in [1.82, 2.24) is 4.72 Å². The Morgan fingerprint density at radius 3 is 2.08 bits per heavy atom. The molecule has 0 bridgehead atoms. The monoisotopic (exact) mass is 347 g/mol. The quantitative estimate of drug-likeness (QED) is 0.491. The van der Waals surface area contributed by atoms with E-state index in [1.165, 1.54) is 12.1 Å². The van der Waals surface area contributed by atoms with E-state index >= 15 is 0 Å². The zero-order valence-electron chi connectivity index (χ0n) is 13.0. The molecular formula is C17H17NO5S. The number of rotatable bonds is 6. The van der Waals surface area contributed by atoms with Gasteiger partial charge in [-0.2, -0.15) is 0 Å². The number of para-hydroxylation sites is 1. The van der Waals surface area contributed by atoms with Crippen LogP contribution in [0.4, 0.5) is 0 Å². The summed E-state index contributed by atoms with van der Waals surface area (Å²) in [6.07, 6.45) is 0.113. The molecule has 0 saturated heterocycles. The van der Waals surface area contributed by atoms with Crippen LogP contribution in [0.5, 0.6) is 5.75 Å². The number of sulfonamides is 1. The molecule has 0 aliphatic rings. The summed E-state index contributed by atoms with van der Waals surface area (Å²) in [5.41, 5.74) is 0. The van der Waals surface area contributed by atoms with Gasteiger partial charge in [0.05, 0.1) is 4.90 Å². The van der Waals surface area contributed by atoms with Gasteiger partial charge in [-0.1, -0.05) is 43.3 Å². The number of hydrogen-bond acceptors (Lipinski definition) is 5. The normalized spacial score (nSPS) is 12.2. The summed E-state index contributed by atoms with van der Waals surface area (Å²) >= 11 is 0. The highest BCUT2D eigenvalue weighted by atomic mass is 32.2. The number of carbonyl (C=O) groups excluding carboxylic acids is 2. The van der Waals surface area contributed by atoms with Gasteiger partial charge in [-0.05, 0) is 30.7 Å². The summed E-state index contributed by atoms with van der Waals surface area (Å²) < 4.78 is 31.4. The molecule has 2 aromatic carbocycles. The van der Waals surface area contributed by atoms with Crippen molar-refractivity contribution in [2.24, 2.45) is 5.92 Å². The number of carbonyl (C=O) groups is 2. The molecule has 7 heteroatoms. The minimum atomic E-state index is -4.03. The first-order chi connectivity index (χ1) is 11.4. The van der Waals surface area contributed by atoms with E-state index in [1.807, 2.05) is 4.72 Å². The van der Waals surface area contributed by atoms with Gasteiger partial charge in [0.15, 0.2) is 0 Å². The molecule has 24 heavy (non-hydrogen) atoms. The fraction of sp³-hybridized carbons (Fsp3) is 0.176. The number of hydrogen-bond donors (Lipinski definition) is 1. The Morgan fingerprint density at radius 1 is 1.00 bits per heavy atom. The number of esters is 1. The molecule has 0 aliphatic heterocycles. The second kappa shape index (κ2) is 7.74. The summed E-state index contributed by atoms with van der Waals surface area (Å²) in [6.45, 7) is 1.60. The minimum absolute atomic E-state index is 0.0513. The van der Waals surface area contributed by atoms with Crippen molar-refractivity contribution in [3.63, 3.8) is 0 Å². The van der Waals surface area contributed by atoms with Crippen molar-refractivity contribution < 1.29 is 22.7 Å². The van der Waals surface area contributed by atoms with Gasteiger partial charge in [0.2, 0.25) is 5.91 Å². The van der Waals surface area contributed by atoms with Gasteiger partial charge >= 0.3 is 5.97 Å². The van der Waals surface area contributed by atoms with E-state index in [0.29, 0.717) is 5.75 Å². The Balaban J connectivity index is 2.10. The third kappa shape index (κ3) is 4.42. The van der Waals surface area contributed by atoms with E-state index in [0.717, 1.165) is 0 Å². The molecule has 1 atom stereocenters. The van der Waals surface area contributed by atoms with E-state index in [2.05, 4.69) is 0 Å². The predicted octanol–water partition coefficient (Wildman–Crippen LogP) is 2.12. The number of ether oxygens (including phenoxy) is 1. The molecule has 0 heterocycles. The molecule has 126 valence electrons. The van der Waals surface area contributed by atoms with Crippen LogP contribution in [0.1, 0.15) is 13.3 Å². The summed E-state index contributed by atoms with van der Waals surface area (Å²) in [7, 11) is -4.03. The summed E-state index contributed by atoms with van der Waals surface area (Å²) in [5, 5.41) is 0. The van der Waals surface area contributed by atoms with Crippen molar-refractivity contribution >= 4 is 21.9 Å². The van der Waals surface area contributed by atoms with Gasteiger partial charge < -0.3 is 4.74 Å². The molecule has 0 spiro atoms. The molecule has 1 N–H and O–H groups in total. The predicted molar refractivity (Wildman–Crippen MR) is 87.6 cm³/mol. The maximum Gasteiger partial charge on any atom is 0.323 e. The zero-order valence-corrected chi connectivity index (χ0v) is 13.8. The average molecular weight is 347 g/mol. The average Bonchev–Trinajstić information content (AvgIpc) is 2.56. The van der Waals surface area contributed by atoms with Gasteiger partial charge in [0, 0.05) is 0 Å². The van der Waals surface area contributed by atoms with Gasteiger partial charge in [-0.15, -0.1) is 0 Å². The standard InChI is InChI=1S/C17H17NO5S/c1-2-15(17(20)23-13-9-5-3-6-10-13)16(19)18-24(21,22)14-11-7-4-8-12-14/h3-12,15H,2H2,1H3,(H,18,19). The first-order valence-corrected chi connectivity index (χ1v) is 8.81. The summed E-state index contributed by atoms with van der Waals surface area (Å²) in [6, 6.07) is 15.7. The van der Waals surface area contributed by atoms with E-state index in [-0.39, 0.29) is 11.3 Å². The first kappa shape index (κ1) is 17.7. The fourth-order valence-electron chi connectivity index (χ4n) is 2.00. The van der Waals surface area contributed by atoms with Crippen molar-refractivity contribution in [2.75, 3.05) is 0 Å². The van der Waals surface area contributed by atoms with E-state index in [1.54, 1.807) is 55.5 Å². The topological polar surface area (TPSA) is 89.5 Å². The summed E-state index contributed by atoms with van der Waals surface area (Å²) in [4.78, 5) is 24.3. The lowest BCUT2D eigenvalue weighted by molar-refractivity contribution is -0.144. The molecule has 0 saturated carbocycles. The van der Waals surface area contributed by atoms with Crippen molar-refractivity contribution in [3.05, 3.63) is 60.7 Å². The van der Waals surface area contributed by atoms with Crippen LogP contribution in [0.3, 0.4) is 0 Å². The lowest BCUT2D eigenvalue weighted by atomic mass is 10.1. The van der Waals surface area contributed by atoms with Crippen LogP contribution in [-0.4, -0.2) is 20.3 Å². The molecule has 2 aromatic rings. The molecule has 0 radical (unpaired) electrons.